The van der Waals surface area contributed by atoms with Crippen molar-refractivity contribution in [3.8, 4) is 0 Å². The summed E-state index contributed by atoms with van der Waals surface area (Å²) in [4.78, 5) is 4.52. The van der Waals surface area contributed by atoms with Crippen molar-refractivity contribution in [1.29, 1.82) is 0 Å². The van der Waals surface area contributed by atoms with E-state index in [0.717, 1.165) is 38.6 Å². The summed E-state index contributed by atoms with van der Waals surface area (Å²) < 4.78 is 27.4. The van der Waals surface area contributed by atoms with Gasteiger partial charge in [-0.2, -0.15) is 4.31 Å². The monoisotopic (exact) mass is 311 g/mol. The van der Waals surface area contributed by atoms with E-state index in [4.69, 9.17) is 0 Å². The minimum absolute atomic E-state index is 0.129. The summed E-state index contributed by atoms with van der Waals surface area (Å²) in [7, 11) is -3.42. The second kappa shape index (κ2) is 7.22. The van der Waals surface area contributed by atoms with E-state index in [0.29, 0.717) is 17.3 Å². The standard InChI is InChI=1S/C15H25N3O2S/c1-3-9-16-15-12-14(8-10-17-15)21(19,20)18-11-6-5-7-13(18)4-2/h8,10,12-13H,3-7,9,11H2,1-2H3,(H,16,17). The first-order chi connectivity index (χ1) is 10.1. The quantitative estimate of drug-likeness (QED) is 0.877. The number of anilines is 1. The van der Waals surface area contributed by atoms with Crippen LogP contribution in [-0.4, -0.2) is 36.8 Å². The highest BCUT2D eigenvalue weighted by atomic mass is 32.2. The highest BCUT2D eigenvalue weighted by molar-refractivity contribution is 7.89. The smallest absolute Gasteiger partial charge is 0.243 e. The lowest BCUT2D eigenvalue weighted by atomic mass is 10.0. The zero-order chi connectivity index (χ0) is 15.3. The second-order valence-corrected chi connectivity index (χ2v) is 7.37. The molecule has 1 aromatic rings. The van der Waals surface area contributed by atoms with Crippen molar-refractivity contribution < 1.29 is 8.42 Å². The SMILES string of the molecule is CCCNc1cc(S(=O)(=O)N2CCCCC2CC)ccn1. The summed E-state index contributed by atoms with van der Waals surface area (Å²) in [6.45, 7) is 5.53. The van der Waals surface area contributed by atoms with Crippen LogP contribution in [0.2, 0.25) is 0 Å². The van der Waals surface area contributed by atoms with Gasteiger partial charge in [0.25, 0.3) is 0 Å². The molecule has 0 spiro atoms. The molecule has 0 aliphatic carbocycles. The van der Waals surface area contributed by atoms with E-state index in [9.17, 15) is 8.42 Å². The molecule has 1 aliphatic heterocycles. The van der Waals surface area contributed by atoms with E-state index >= 15 is 0 Å². The van der Waals surface area contributed by atoms with Crippen molar-refractivity contribution >= 4 is 15.8 Å². The van der Waals surface area contributed by atoms with E-state index in [2.05, 4.69) is 24.1 Å². The Balaban J connectivity index is 2.25. The van der Waals surface area contributed by atoms with Crippen LogP contribution in [0.4, 0.5) is 5.82 Å². The van der Waals surface area contributed by atoms with Gasteiger partial charge < -0.3 is 5.32 Å². The normalized spacial score (nSPS) is 20.4. The van der Waals surface area contributed by atoms with Gasteiger partial charge in [-0.05, 0) is 31.7 Å². The molecule has 0 saturated carbocycles. The van der Waals surface area contributed by atoms with Gasteiger partial charge in [0.2, 0.25) is 10.0 Å². The van der Waals surface area contributed by atoms with Gasteiger partial charge in [0.15, 0.2) is 0 Å². The average Bonchev–Trinajstić information content (AvgIpc) is 2.53. The van der Waals surface area contributed by atoms with Crippen molar-refractivity contribution in [3.63, 3.8) is 0 Å². The first-order valence-corrected chi connectivity index (χ1v) is 9.25. The summed E-state index contributed by atoms with van der Waals surface area (Å²) >= 11 is 0. The van der Waals surface area contributed by atoms with Gasteiger partial charge in [-0.15, -0.1) is 0 Å². The topological polar surface area (TPSA) is 62.3 Å². The lowest BCUT2D eigenvalue weighted by Crippen LogP contribution is -2.43. The Labute approximate surface area is 127 Å². The summed E-state index contributed by atoms with van der Waals surface area (Å²) in [6.07, 6.45) is 6.43. The van der Waals surface area contributed by atoms with E-state index in [1.165, 1.54) is 0 Å². The summed E-state index contributed by atoms with van der Waals surface area (Å²) in [5, 5.41) is 3.14. The molecule has 1 aromatic heterocycles. The maximum atomic E-state index is 12.9. The molecular weight excluding hydrogens is 286 g/mol. The molecule has 21 heavy (non-hydrogen) atoms. The maximum Gasteiger partial charge on any atom is 0.243 e. The lowest BCUT2D eigenvalue weighted by Gasteiger charge is -2.34. The van der Waals surface area contributed by atoms with Crippen LogP contribution in [0.1, 0.15) is 46.0 Å². The van der Waals surface area contributed by atoms with E-state index in [1.54, 1.807) is 22.6 Å². The summed E-state index contributed by atoms with van der Waals surface area (Å²) in [6, 6.07) is 3.36. The highest BCUT2D eigenvalue weighted by Crippen LogP contribution is 2.27. The third-order valence-electron chi connectivity index (χ3n) is 3.94. The number of nitrogens with one attached hydrogen (secondary N) is 1. The number of rotatable bonds is 6. The Bertz CT molecular complexity index is 560. The number of aromatic nitrogens is 1. The number of hydrogen-bond acceptors (Lipinski definition) is 4. The number of sulfonamides is 1. The van der Waals surface area contributed by atoms with Crippen LogP contribution < -0.4 is 5.32 Å². The number of piperidine rings is 1. The molecule has 0 radical (unpaired) electrons. The molecule has 0 bridgehead atoms. The van der Waals surface area contributed by atoms with Crippen molar-refractivity contribution in [2.45, 2.75) is 56.9 Å². The predicted octanol–water partition coefficient (Wildman–Crippen LogP) is 2.86. The Hall–Kier alpha value is -1.14. The van der Waals surface area contributed by atoms with Crippen LogP contribution in [0.3, 0.4) is 0 Å². The average molecular weight is 311 g/mol. The first kappa shape index (κ1) is 16.2. The van der Waals surface area contributed by atoms with Gasteiger partial charge in [0.1, 0.15) is 5.82 Å². The summed E-state index contributed by atoms with van der Waals surface area (Å²) in [5.74, 6) is 0.628. The third-order valence-corrected chi connectivity index (χ3v) is 5.89. The molecule has 2 heterocycles. The second-order valence-electron chi connectivity index (χ2n) is 5.48. The molecular formula is C15H25N3O2S. The molecule has 1 fully saturated rings. The van der Waals surface area contributed by atoms with Crippen molar-refractivity contribution in [2.75, 3.05) is 18.4 Å². The zero-order valence-electron chi connectivity index (χ0n) is 12.9. The fourth-order valence-corrected chi connectivity index (χ4v) is 4.54. The molecule has 118 valence electrons. The first-order valence-electron chi connectivity index (χ1n) is 7.81. The zero-order valence-corrected chi connectivity index (χ0v) is 13.7. The minimum Gasteiger partial charge on any atom is -0.370 e. The van der Waals surface area contributed by atoms with Crippen LogP contribution in [0.25, 0.3) is 0 Å². The van der Waals surface area contributed by atoms with Crippen LogP contribution in [0.5, 0.6) is 0 Å². The molecule has 1 saturated heterocycles. The van der Waals surface area contributed by atoms with Gasteiger partial charge in [-0.25, -0.2) is 13.4 Å². The van der Waals surface area contributed by atoms with Gasteiger partial charge in [0, 0.05) is 31.4 Å². The molecule has 1 unspecified atom stereocenters. The molecule has 6 heteroatoms. The minimum atomic E-state index is -3.42. The molecule has 1 aliphatic rings. The Morgan fingerprint density at radius 3 is 2.90 bits per heavy atom. The van der Waals surface area contributed by atoms with Crippen LogP contribution >= 0.6 is 0 Å². The number of nitrogens with zero attached hydrogens (tertiary/aromatic N) is 2. The summed E-state index contributed by atoms with van der Waals surface area (Å²) in [5.41, 5.74) is 0. The van der Waals surface area contributed by atoms with Crippen LogP contribution in [0, 0.1) is 0 Å². The third kappa shape index (κ3) is 3.74. The predicted molar refractivity (Wildman–Crippen MR) is 84.8 cm³/mol. The molecule has 1 atom stereocenters. The molecule has 0 aromatic carbocycles. The van der Waals surface area contributed by atoms with Crippen molar-refractivity contribution in [3.05, 3.63) is 18.3 Å². The van der Waals surface area contributed by atoms with Gasteiger partial charge in [0.05, 0.1) is 4.90 Å². The van der Waals surface area contributed by atoms with Gasteiger partial charge >= 0.3 is 0 Å². The maximum absolute atomic E-state index is 12.9. The Kier molecular flexibility index (Phi) is 5.58. The van der Waals surface area contributed by atoms with E-state index in [-0.39, 0.29) is 6.04 Å². The van der Waals surface area contributed by atoms with E-state index in [1.807, 2.05) is 0 Å². The van der Waals surface area contributed by atoms with Crippen LogP contribution in [-0.2, 0) is 10.0 Å². The number of hydrogen-bond donors (Lipinski definition) is 1. The fraction of sp³-hybridized carbons (Fsp3) is 0.667. The van der Waals surface area contributed by atoms with Crippen LogP contribution in [0.15, 0.2) is 23.2 Å². The molecule has 1 N–H and O–H groups in total. The lowest BCUT2D eigenvalue weighted by molar-refractivity contribution is 0.246. The largest absolute Gasteiger partial charge is 0.370 e. The highest BCUT2D eigenvalue weighted by Gasteiger charge is 2.32. The Morgan fingerprint density at radius 1 is 1.38 bits per heavy atom. The van der Waals surface area contributed by atoms with Crippen molar-refractivity contribution in [2.24, 2.45) is 0 Å². The molecule has 5 nitrogen and oxygen atoms in total. The van der Waals surface area contributed by atoms with Gasteiger partial charge in [-0.1, -0.05) is 20.3 Å². The molecule has 2 rings (SSSR count). The number of pyridine rings is 1. The molecule has 0 amide bonds. The Morgan fingerprint density at radius 2 is 2.19 bits per heavy atom. The van der Waals surface area contributed by atoms with Crippen molar-refractivity contribution in [1.82, 2.24) is 9.29 Å². The van der Waals surface area contributed by atoms with Gasteiger partial charge in [-0.3, -0.25) is 0 Å². The van der Waals surface area contributed by atoms with E-state index < -0.39 is 10.0 Å². The fourth-order valence-electron chi connectivity index (χ4n) is 2.76.